The number of amides is 1. The van der Waals surface area contributed by atoms with Crippen LogP contribution in [0, 0.1) is 0 Å². The Labute approximate surface area is 182 Å². The molecule has 1 aliphatic heterocycles. The van der Waals surface area contributed by atoms with Crippen LogP contribution in [0.15, 0.2) is 71.9 Å². The van der Waals surface area contributed by atoms with Crippen molar-refractivity contribution < 1.29 is 13.2 Å². The third kappa shape index (κ3) is 4.80. The first-order valence-corrected chi connectivity index (χ1v) is 12.1. The molecule has 162 valence electrons. The Morgan fingerprint density at radius 2 is 1.68 bits per heavy atom. The topological polar surface area (TPSA) is 84.3 Å². The fourth-order valence-electron chi connectivity index (χ4n) is 3.77. The van der Waals surface area contributed by atoms with Crippen molar-refractivity contribution in [2.24, 2.45) is 0 Å². The molecule has 0 saturated carbocycles. The highest BCUT2D eigenvalue weighted by Gasteiger charge is 2.22. The summed E-state index contributed by atoms with van der Waals surface area (Å²) in [4.78, 5) is 15.2. The number of aromatic nitrogens is 2. The Hall–Kier alpha value is -3.13. The highest BCUT2D eigenvalue weighted by molar-refractivity contribution is 7.91. The van der Waals surface area contributed by atoms with Crippen LogP contribution in [0.2, 0.25) is 0 Å². The molecule has 0 radical (unpaired) electrons. The SMILES string of the molecule is CCS(=O)(=O)c1ccc(N2CCC(NC(=O)c3ccc(-n4cccn4)cc3)CC2)cc1. The number of nitrogens with zero attached hydrogens (tertiary/aromatic N) is 3. The van der Waals surface area contributed by atoms with E-state index in [0.717, 1.165) is 37.3 Å². The Bertz CT molecular complexity index is 1120. The standard InChI is InChI=1S/C23H26N4O3S/c1-2-31(29,30)22-10-8-20(9-11-22)26-16-12-19(13-17-26)25-23(28)18-4-6-21(7-5-18)27-15-3-14-24-27/h3-11,14-15,19H,2,12-13,16-17H2,1H3,(H,25,28). The van der Waals surface area contributed by atoms with Crippen LogP contribution >= 0.6 is 0 Å². The van der Waals surface area contributed by atoms with Crippen molar-refractivity contribution in [3.8, 4) is 5.69 Å². The summed E-state index contributed by atoms with van der Waals surface area (Å²) < 4.78 is 25.7. The van der Waals surface area contributed by atoms with Crippen molar-refractivity contribution in [2.45, 2.75) is 30.7 Å². The Morgan fingerprint density at radius 1 is 1.03 bits per heavy atom. The van der Waals surface area contributed by atoms with Gasteiger partial charge in [0.2, 0.25) is 0 Å². The van der Waals surface area contributed by atoms with Gasteiger partial charge in [-0.2, -0.15) is 5.10 Å². The Kier molecular flexibility index (Phi) is 6.08. The molecule has 0 unspecified atom stereocenters. The number of sulfone groups is 1. The fraction of sp³-hybridized carbons (Fsp3) is 0.304. The van der Waals surface area contributed by atoms with Crippen LogP contribution in [-0.4, -0.2) is 49.0 Å². The second kappa shape index (κ2) is 8.93. The van der Waals surface area contributed by atoms with Gasteiger partial charge in [0.15, 0.2) is 9.84 Å². The maximum absolute atomic E-state index is 12.6. The summed E-state index contributed by atoms with van der Waals surface area (Å²) in [6.45, 7) is 3.27. The zero-order chi connectivity index (χ0) is 21.8. The first-order valence-electron chi connectivity index (χ1n) is 10.4. The van der Waals surface area contributed by atoms with Gasteiger partial charge in [-0.15, -0.1) is 0 Å². The number of benzene rings is 2. The number of anilines is 1. The minimum atomic E-state index is -3.18. The summed E-state index contributed by atoms with van der Waals surface area (Å²) in [5.41, 5.74) is 2.55. The molecule has 7 nitrogen and oxygen atoms in total. The number of carbonyl (C=O) groups is 1. The molecule has 1 fully saturated rings. The van der Waals surface area contributed by atoms with Crippen molar-refractivity contribution in [3.05, 3.63) is 72.6 Å². The number of carbonyl (C=O) groups excluding carboxylic acids is 1. The van der Waals surface area contributed by atoms with Gasteiger partial charge >= 0.3 is 0 Å². The normalized spacial score (nSPS) is 15.1. The molecule has 1 aliphatic rings. The van der Waals surface area contributed by atoms with Gasteiger partial charge in [-0.05, 0) is 67.4 Å². The predicted octanol–water partition coefficient (Wildman–Crippen LogP) is 3.06. The molecule has 1 N–H and O–H groups in total. The van der Waals surface area contributed by atoms with E-state index in [1.807, 2.05) is 48.7 Å². The van der Waals surface area contributed by atoms with Gasteiger partial charge in [-0.25, -0.2) is 13.1 Å². The third-order valence-corrected chi connectivity index (χ3v) is 7.42. The van der Waals surface area contributed by atoms with E-state index in [9.17, 15) is 13.2 Å². The van der Waals surface area contributed by atoms with E-state index in [-0.39, 0.29) is 17.7 Å². The van der Waals surface area contributed by atoms with Crippen molar-refractivity contribution in [1.29, 1.82) is 0 Å². The lowest BCUT2D eigenvalue weighted by Gasteiger charge is -2.34. The Morgan fingerprint density at radius 3 is 2.26 bits per heavy atom. The molecule has 2 heterocycles. The molecule has 3 aromatic rings. The largest absolute Gasteiger partial charge is 0.371 e. The molecule has 31 heavy (non-hydrogen) atoms. The van der Waals surface area contributed by atoms with Gasteiger partial charge in [0.25, 0.3) is 5.91 Å². The molecular weight excluding hydrogens is 412 g/mol. The highest BCUT2D eigenvalue weighted by Crippen LogP contribution is 2.23. The van der Waals surface area contributed by atoms with Gasteiger partial charge < -0.3 is 10.2 Å². The minimum Gasteiger partial charge on any atom is -0.371 e. The van der Waals surface area contributed by atoms with Crippen LogP contribution in [0.3, 0.4) is 0 Å². The summed E-state index contributed by atoms with van der Waals surface area (Å²) in [6, 6.07) is 16.4. The van der Waals surface area contributed by atoms with Gasteiger partial charge in [-0.3, -0.25) is 4.79 Å². The van der Waals surface area contributed by atoms with Crippen LogP contribution in [0.25, 0.3) is 5.69 Å². The number of rotatable bonds is 6. The number of hydrogen-bond acceptors (Lipinski definition) is 5. The van der Waals surface area contributed by atoms with Gasteiger partial charge in [0, 0.05) is 42.8 Å². The van der Waals surface area contributed by atoms with Crippen LogP contribution in [0.4, 0.5) is 5.69 Å². The van der Waals surface area contributed by atoms with E-state index in [1.54, 1.807) is 29.9 Å². The van der Waals surface area contributed by atoms with E-state index < -0.39 is 9.84 Å². The van der Waals surface area contributed by atoms with Crippen LogP contribution in [-0.2, 0) is 9.84 Å². The summed E-state index contributed by atoms with van der Waals surface area (Å²) in [7, 11) is -3.18. The summed E-state index contributed by atoms with van der Waals surface area (Å²) >= 11 is 0. The molecule has 0 aliphatic carbocycles. The smallest absolute Gasteiger partial charge is 0.251 e. The first kappa shape index (κ1) is 21.1. The number of piperidine rings is 1. The van der Waals surface area contributed by atoms with E-state index >= 15 is 0 Å². The molecular formula is C23H26N4O3S. The summed E-state index contributed by atoms with van der Waals surface area (Å²) in [5, 5.41) is 7.32. The van der Waals surface area contributed by atoms with Crippen molar-refractivity contribution in [1.82, 2.24) is 15.1 Å². The van der Waals surface area contributed by atoms with E-state index in [4.69, 9.17) is 0 Å². The average molecular weight is 439 g/mol. The minimum absolute atomic E-state index is 0.0698. The van der Waals surface area contributed by atoms with Crippen LogP contribution in [0.5, 0.6) is 0 Å². The zero-order valence-corrected chi connectivity index (χ0v) is 18.3. The number of nitrogens with one attached hydrogen (secondary N) is 1. The van der Waals surface area contributed by atoms with Gasteiger partial charge in [0.1, 0.15) is 0 Å². The number of hydrogen-bond donors (Lipinski definition) is 1. The lowest BCUT2D eigenvalue weighted by atomic mass is 10.0. The van der Waals surface area contributed by atoms with Crippen molar-refractivity contribution in [3.63, 3.8) is 0 Å². The molecule has 4 rings (SSSR count). The molecule has 1 aromatic heterocycles. The molecule has 2 aromatic carbocycles. The fourth-order valence-corrected chi connectivity index (χ4v) is 4.65. The van der Waals surface area contributed by atoms with Gasteiger partial charge in [0.05, 0.1) is 16.3 Å². The molecule has 1 amide bonds. The van der Waals surface area contributed by atoms with E-state index in [0.29, 0.717) is 10.5 Å². The molecule has 0 atom stereocenters. The monoisotopic (exact) mass is 438 g/mol. The quantitative estimate of drug-likeness (QED) is 0.639. The molecule has 8 heteroatoms. The van der Waals surface area contributed by atoms with Crippen LogP contribution < -0.4 is 10.2 Å². The first-order chi connectivity index (χ1) is 15.0. The Balaban J connectivity index is 1.31. The highest BCUT2D eigenvalue weighted by atomic mass is 32.2. The second-order valence-electron chi connectivity index (χ2n) is 7.63. The summed E-state index contributed by atoms with van der Waals surface area (Å²) in [5.74, 6) is 0.0308. The maximum Gasteiger partial charge on any atom is 0.251 e. The third-order valence-electron chi connectivity index (χ3n) is 5.67. The predicted molar refractivity (Wildman–Crippen MR) is 120 cm³/mol. The van der Waals surface area contributed by atoms with Crippen molar-refractivity contribution in [2.75, 3.05) is 23.7 Å². The van der Waals surface area contributed by atoms with Crippen LogP contribution in [0.1, 0.15) is 30.1 Å². The van der Waals surface area contributed by atoms with Gasteiger partial charge in [-0.1, -0.05) is 6.92 Å². The zero-order valence-electron chi connectivity index (χ0n) is 17.4. The molecule has 0 spiro atoms. The van der Waals surface area contributed by atoms with E-state index in [2.05, 4.69) is 15.3 Å². The molecule has 1 saturated heterocycles. The maximum atomic E-state index is 12.6. The second-order valence-corrected chi connectivity index (χ2v) is 9.91. The summed E-state index contributed by atoms with van der Waals surface area (Å²) in [6.07, 6.45) is 5.26. The lowest BCUT2D eigenvalue weighted by molar-refractivity contribution is 0.0931. The van der Waals surface area contributed by atoms with E-state index in [1.165, 1.54) is 0 Å². The molecule has 0 bridgehead atoms. The average Bonchev–Trinajstić information content (AvgIpc) is 3.35. The lowest BCUT2D eigenvalue weighted by Crippen LogP contribution is -2.44. The van der Waals surface area contributed by atoms with Crippen molar-refractivity contribution >= 4 is 21.4 Å².